The maximum atomic E-state index is 14.0. The first kappa shape index (κ1) is 19.3. The molecule has 1 unspecified atom stereocenters. The number of ether oxygens (including phenoxy) is 1. The van der Waals surface area contributed by atoms with Crippen LogP contribution in [-0.2, 0) is 11.3 Å². The van der Waals surface area contributed by atoms with Crippen molar-refractivity contribution in [1.82, 2.24) is 0 Å². The van der Waals surface area contributed by atoms with Crippen molar-refractivity contribution in [2.45, 2.75) is 62.7 Å². The maximum absolute atomic E-state index is 14.0. The van der Waals surface area contributed by atoms with Gasteiger partial charge < -0.3 is 4.74 Å². The van der Waals surface area contributed by atoms with Gasteiger partial charge in [-0.25, -0.2) is 17.6 Å². The number of hydrogen-bond donors (Lipinski definition) is 0. The molecule has 0 aromatic heterocycles. The largest absolute Gasteiger partial charge is 0.380 e. The lowest BCUT2D eigenvalue weighted by atomic mass is 10.1. The summed E-state index contributed by atoms with van der Waals surface area (Å²) in [6.45, 7) is 3.38. The molecule has 1 rings (SSSR count). The Hall–Kier alpha value is -0.750. The van der Waals surface area contributed by atoms with Gasteiger partial charge in [0.05, 0.1) is 17.1 Å². The molecule has 126 valence electrons. The highest BCUT2D eigenvalue weighted by Crippen LogP contribution is 2.35. The molecule has 6 heteroatoms. The minimum Gasteiger partial charge on any atom is -0.380 e. The zero-order chi connectivity index (χ0) is 16.7. The van der Waals surface area contributed by atoms with Gasteiger partial charge in [0, 0.05) is 12.4 Å². The van der Waals surface area contributed by atoms with Crippen molar-refractivity contribution in [3.63, 3.8) is 0 Å². The average molecular weight is 338 g/mol. The Morgan fingerprint density at radius 2 is 1.55 bits per heavy atom. The summed E-state index contributed by atoms with van der Waals surface area (Å²) in [6.07, 6.45) is 4.92. The number of unbranched alkanes of at least 4 members (excludes halogenated alkanes) is 3. The molecule has 0 radical (unpaired) electrons. The molecule has 0 aliphatic rings. The van der Waals surface area contributed by atoms with E-state index in [1.165, 1.54) is 7.11 Å². The molecular formula is C16H22F4OS. The molecule has 0 aliphatic heterocycles. The van der Waals surface area contributed by atoms with Crippen LogP contribution in [0.3, 0.4) is 0 Å². The van der Waals surface area contributed by atoms with Crippen molar-refractivity contribution in [1.29, 1.82) is 0 Å². The van der Waals surface area contributed by atoms with Gasteiger partial charge in [0.1, 0.15) is 0 Å². The summed E-state index contributed by atoms with van der Waals surface area (Å²) in [6, 6.07) is 0. The monoisotopic (exact) mass is 338 g/mol. The van der Waals surface area contributed by atoms with Gasteiger partial charge in [0.2, 0.25) is 0 Å². The van der Waals surface area contributed by atoms with E-state index in [2.05, 4.69) is 11.7 Å². The Balaban J connectivity index is 2.87. The van der Waals surface area contributed by atoms with E-state index in [-0.39, 0.29) is 5.25 Å². The third-order valence-electron chi connectivity index (χ3n) is 3.39. The van der Waals surface area contributed by atoms with Gasteiger partial charge in [0.15, 0.2) is 23.3 Å². The van der Waals surface area contributed by atoms with Gasteiger partial charge in [-0.1, -0.05) is 39.5 Å². The van der Waals surface area contributed by atoms with E-state index in [9.17, 15) is 17.6 Å². The normalized spacial score (nSPS) is 12.7. The van der Waals surface area contributed by atoms with Crippen LogP contribution >= 0.6 is 11.8 Å². The molecule has 22 heavy (non-hydrogen) atoms. The van der Waals surface area contributed by atoms with E-state index in [1.54, 1.807) is 6.92 Å². The van der Waals surface area contributed by atoms with Gasteiger partial charge in [-0.3, -0.25) is 0 Å². The number of halogens is 4. The summed E-state index contributed by atoms with van der Waals surface area (Å²) in [5.41, 5.74) is -0.711. The molecule has 0 aliphatic carbocycles. The molecule has 0 saturated carbocycles. The quantitative estimate of drug-likeness (QED) is 0.242. The summed E-state index contributed by atoms with van der Waals surface area (Å²) in [4.78, 5) is -0.585. The summed E-state index contributed by atoms with van der Waals surface area (Å²) in [5, 5.41) is -0.118. The molecule has 0 N–H and O–H groups in total. The number of hydrogen-bond acceptors (Lipinski definition) is 2. The Kier molecular flexibility index (Phi) is 8.25. The molecular weight excluding hydrogens is 316 g/mol. The van der Waals surface area contributed by atoms with Crippen LogP contribution in [0, 0.1) is 23.3 Å². The highest BCUT2D eigenvalue weighted by molar-refractivity contribution is 8.00. The first-order valence-electron chi connectivity index (χ1n) is 7.44. The van der Waals surface area contributed by atoms with Crippen molar-refractivity contribution in [3.8, 4) is 0 Å². The third-order valence-corrected chi connectivity index (χ3v) is 4.62. The summed E-state index contributed by atoms with van der Waals surface area (Å²) >= 11 is 0.839. The van der Waals surface area contributed by atoms with Crippen LogP contribution in [-0.4, -0.2) is 12.4 Å². The van der Waals surface area contributed by atoms with Crippen LogP contribution in [0.2, 0.25) is 0 Å². The first-order chi connectivity index (χ1) is 10.4. The Labute approximate surface area is 133 Å². The highest BCUT2D eigenvalue weighted by atomic mass is 32.2. The highest BCUT2D eigenvalue weighted by Gasteiger charge is 2.26. The van der Waals surface area contributed by atoms with Crippen LogP contribution in [0.1, 0.15) is 51.5 Å². The molecule has 0 fully saturated rings. The molecule has 0 heterocycles. The Morgan fingerprint density at radius 1 is 0.955 bits per heavy atom. The summed E-state index contributed by atoms with van der Waals surface area (Å²) < 4.78 is 60.2. The Bertz CT molecular complexity index is 465. The first-order valence-corrected chi connectivity index (χ1v) is 8.32. The van der Waals surface area contributed by atoms with Gasteiger partial charge in [-0.2, -0.15) is 0 Å². The minimum atomic E-state index is -1.37. The van der Waals surface area contributed by atoms with E-state index in [0.717, 1.165) is 43.9 Å². The molecule has 0 saturated heterocycles. The van der Waals surface area contributed by atoms with Gasteiger partial charge in [-0.05, 0) is 6.42 Å². The SMILES string of the molecule is CCCCCCC(C)Sc1c(F)c(F)c(COC)c(F)c1F. The van der Waals surface area contributed by atoms with Crippen LogP contribution in [0.5, 0.6) is 0 Å². The van der Waals surface area contributed by atoms with Gasteiger partial charge in [-0.15, -0.1) is 11.8 Å². The fourth-order valence-electron chi connectivity index (χ4n) is 2.15. The molecule has 1 aromatic rings. The van der Waals surface area contributed by atoms with Crippen LogP contribution in [0.25, 0.3) is 0 Å². The maximum Gasteiger partial charge on any atom is 0.175 e. The van der Waals surface area contributed by atoms with E-state index in [1.807, 2.05) is 0 Å². The zero-order valence-electron chi connectivity index (χ0n) is 13.1. The number of benzene rings is 1. The molecule has 1 atom stereocenters. The second-order valence-corrected chi connectivity index (χ2v) is 6.72. The van der Waals surface area contributed by atoms with Crippen molar-refractivity contribution in [2.24, 2.45) is 0 Å². The molecule has 0 spiro atoms. The molecule has 0 amide bonds. The fourth-order valence-corrected chi connectivity index (χ4v) is 3.22. The Morgan fingerprint density at radius 3 is 2.05 bits per heavy atom. The van der Waals surface area contributed by atoms with E-state index in [0.29, 0.717) is 0 Å². The second kappa shape index (κ2) is 9.40. The van der Waals surface area contributed by atoms with E-state index < -0.39 is 40.3 Å². The minimum absolute atomic E-state index is 0.118. The van der Waals surface area contributed by atoms with Crippen molar-refractivity contribution < 1.29 is 22.3 Å². The summed E-state index contributed by atoms with van der Waals surface area (Å²) in [5.74, 6) is -5.42. The smallest absolute Gasteiger partial charge is 0.175 e. The van der Waals surface area contributed by atoms with Crippen LogP contribution in [0.4, 0.5) is 17.6 Å². The number of thioether (sulfide) groups is 1. The van der Waals surface area contributed by atoms with Crippen molar-refractivity contribution in [2.75, 3.05) is 7.11 Å². The third kappa shape index (κ3) is 4.88. The van der Waals surface area contributed by atoms with Gasteiger partial charge in [0.25, 0.3) is 0 Å². The molecule has 1 nitrogen and oxygen atoms in total. The van der Waals surface area contributed by atoms with Crippen molar-refractivity contribution in [3.05, 3.63) is 28.8 Å². The zero-order valence-corrected chi connectivity index (χ0v) is 14.0. The van der Waals surface area contributed by atoms with E-state index >= 15 is 0 Å². The molecule has 1 aromatic carbocycles. The standard InChI is InChI=1S/C16H22F4OS/c1-4-5-6-7-8-10(2)22-16-14(19)12(17)11(9-21-3)13(18)15(16)20/h10H,4-9H2,1-3H3. The lowest BCUT2D eigenvalue weighted by Gasteiger charge is -2.15. The lowest BCUT2D eigenvalue weighted by molar-refractivity contribution is 0.174. The van der Waals surface area contributed by atoms with Crippen LogP contribution in [0.15, 0.2) is 4.90 Å². The molecule has 0 bridgehead atoms. The number of methoxy groups -OCH3 is 1. The van der Waals surface area contributed by atoms with E-state index in [4.69, 9.17) is 0 Å². The predicted molar refractivity (Wildman–Crippen MR) is 81.1 cm³/mol. The number of rotatable bonds is 9. The van der Waals surface area contributed by atoms with Crippen molar-refractivity contribution >= 4 is 11.8 Å². The lowest BCUT2D eigenvalue weighted by Crippen LogP contribution is -2.08. The average Bonchev–Trinajstić information content (AvgIpc) is 2.50. The second-order valence-electron chi connectivity index (χ2n) is 5.27. The topological polar surface area (TPSA) is 9.23 Å². The predicted octanol–water partition coefficient (Wildman–Crippen LogP) is 5.84. The fraction of sp³-hybridized carbons (Fsp3) is 0.625. The summed E-state index contributed by atoms with van der Waals surface area (Å²) in [7, 11) is 1.20. The van der Waals surface area contributed by atoms with Gasteiger partial charge >= 0.3 is 0 Å². The van der Waals surface area contributed by atoms with Crippen LogP contribution < -0.4 is 0 Å².